The highest BCUT2D eigenvalue weighted by atomic mass is 35.5. The van der Waals surface area contributed by atoms with Gasteiger partial charge >= 0.3 is 0 Å². The molecule has 1 aromatic heterocycles. The van der Waals surface area contributed by atoms with Crippen molar-refractivity contribution in [1.82, 2.24) is 15.8 Å². The van der Waals surface area contributed by atoms with Gasteiger partial charge in [0, 0.05) is 16.5 Å². The number of carbonyl (C=O) groups is 2. The molecule has 3 rings (SSSR count). The van der Waals surface area contributed by atoms with Gasteiger partial charge in [-0.25, -0.2) is 0 Å². The van der Waals surface area contributed by atoms with Crippen molar-refractivity contribution < 1.29 is 14.3 Å². The number of aromatic amines is 1. The number of carbonyl (C=O) groups excluding carboxylic acids is 2. The van der Waals surface area contributed by atoms with Crippen LogP contribution in [-0.2, 0) is 0 Å². The Morgan fingerprint density at radius 1 is 1.04 bits per heavy atom. The van der Waals surface area contributed by atoms with E-state index in [9.17, 15) is 9.59 Å². The normalized spacial score (nSPS) is 10.5. The molecule has 0 spiro atoms. The third-order valence-electron chi connectivity index (χ3n) is 3.59. The second-order valence-electron chi connectivity index (χ2n) is 5.23. The molecule has 7 heteroatoms. The zero-order valence-electron chi connectivity index (χ0n) is 13.4. The maximum absolute atomic E-state index is 12.2. The molecular formula is C18H16ClN3O3. The Morgan fingerprint density at radius 3 is 2.40 bits per heavy atom. The van der Waals surface area contributed by atoms with E-state index in [1.807, 2.05) is 31.2 Å². The van der Waals surface area contributed by atoms with Crippen LogP contribution in [0, 0.1) is 0 Å². The zero-order chi connectivity index (χ0) is 17.8. The van der Waals surface area contributed by atoms with Gasteiger partial charge in [0.2, 0.25) is 0 Å². The molecule has 0 saturated heterocycles. The highest BCUT2D eigenvalue weighted by Crippen LogP contribution is 2.26. The quantitative estimate of drug-likeness (QED) is 0.626. The fraction of sp³-hybridized carbons (Fsp3) is 0.111. The number of benzene rings is 2. The number of hydrazine groups is 1. The van der Waals surface area contributed by atoms with Gasteiger partial charge in [-0.15, -0.1) is 0 Å². The fourth-order valence-electron chi connectivity index (χ4n) is 2.38. The summed E-state index contributed by atoms with van der Waals surface area (Å²) in [5.41, 5.74) is 6.05. The molecule has 0 bridgehead atoms. The minimum absolute atomic E-state index is 0.190. The van der Waals surface area contributed by atoms with Crippen LogP contribution in [0.4, 0.5) is 0 Å². The molecule has 1 heterocycles. The number of fused-ring (bicyclic) bond motifs is 1. The highest BCUT2D eigenvalue weighted by Gasteiger charge is 2.17. The molecule has 0 radical (unpaired) electrons. The third-order valence-corrected chi connectivity index (χ3v) is 3.98. The van der Waals surface area contributed by atoms with Crippen molar-refractivity contribution in [3.8, 4) is 5.75 Å². The van der Waals surface area contributed by atoms with Gasteiger partial charge < -0.3 is 9.72 Å². The van der Waals surface area contributed by atoms with E-state index in [0.29, 0.717) is 22.9 Å². The van der Waals surface area contributed by atoms with E-state index in [1.165, 1.54) is 0 Å². The first-order chi connectivity index (χ1) is 12.1. The molecule has 0 atom stereocenters. The topological polar surface area (TPSA) is 83.2 Å². The van der Waals surface area contributed by atoms with Crippen molar-refractivity contribution >= 4 is 34.3 Å². The van der Waals surface area contributed by atoms with Crippen LogP contribution in [-0.4, -0.2) is 23.4 Å². The van der Waals surface area contributed by atoms with Crippen LogP contribution in [0.3, 0.4) is 0 Å². The van der Waals surface area contributed by atoms with Crippen LogP contribution in [0.5, 0.6) is 5.75 Å². The maximum atomic E-state index is 12.2. The van der Waals surface area contributed by atoms with Crippen molar-refractivity contribution in [3.63, 3.8) is 0 Å². The van der Waals surface area contributed by atoms with E-state index in [2.05, 4.69) is 15.8 Å². The molecule has 3 aromatic rings. The molecule has 3 N–H and O–H groups in total. The van der Waals surface area contributed by atoms with Crippen molar-refractivity contribution in [2.45, 2.75) is 6.92 Å². The number of H-pyrrole nitrogens is 1. The van der Waals surface area contributed by atoms with Gasteiger partial charge in [-0.3, -0.25) is 20.4 Å². The summed E-state index contributed by atoms with van der Waals surface area (Å²) < 4.78 is 5.32. The molecule has 0 aliphatic rings. The Labute approximate surface area is 149 Å². The SMILES string of the molecule is CCOc1ccc(C(=O)NNC(=O)c2[nH]c3ccccc3c2Cl)cc1. The Bertz CT molecular complexity index is 919. The van der Waals surface area contributed by atoms with Crippen LogP contribution >= 0.6 is 11.6 Å². The highest BCUT2D eigenvalue weighted by molar-refractivity contribution is 6.38. The van der Waals surface area contributed by atoms with E-state index < -0.39 is 11.8 Å². The lowest BCUT2D eigenvalue weighted by molar-refractivity contribution is 0.0844. The first-order valence-corrected chi connectivity index (χ1v) is 8.07. The zero-order valence-corrected chi connectivity index (χ0v) is 14.2. The van der Waals surface area contributed by atoms with Crippen molar-refractivity contribution in [3.05, 3.63) is 64.8 Å². The largest absolute Gasteiger partial charge is 0.494 e. The van der Waals surface area contributed by atoms with Gasteiger partial charge in [-0.05, 0) is 37.3 Å². The molecule has 2 amide bonds. The number of aromatic nitrogens is 1. The Balaban J connectivity index is 1.66. The first kappa shape index (κ1) is 16.9. The van der Waals surface area contributed by atoms with E-state index in [0.717, 1.165) is 10.9 Å². The lowest BCUT2D eigenvalue weighted by atomic mass is 10.2. The predicted octanol–water partition coefficient (Wildman–Crippen LogP) is 3.29. The average Bonchev–Trinajstić information content (AvgIpc) is 2.97. The number of halogens is 1. The van der Waals surface area contributed by atoms with Crippen molar-refractivity contribution in [2.24, 2.45) is 0 Å². The molecule has 0 aliphatic heterocycles. The van der Waals surface area contributed by atoms with Gasteiger partial charge in [0.25, 0.3) is 11.8 Å². The van der Waals surface area contributed by atoms with Gasteiger partial charge in [0.15, 0.2) is 0 Å². The van der Waals surface area contributed by atoms with Crippen molar-refractivity contribution in [1.29, 1.82) is 0 Å². The average molecular weight is 358 g/mol. The molecule has 6 nitrogen and oxygen atoms in total. The first-order valence-electron chi connectivity index (χ1n) is 7.70. The van der Waals surface area contributed by atoms with Crippen LogP contribution in [0.15, 0.2) is 48.5 Å². The predicted molar refractivity (Wildman–Crippen MR) is 95.9 cm³/mol. The van der Waals surface area contributed by atoms with E-state index >= 15 is 0 Å². The standard InChI is InChI=1S/C18H16ClN3O3/c1-2-25-12-9-7-11(8-10-12)17(23)21-22-18(24)16-15(19)13-5-3-4-6-14(13)20-16/h3-10,20H,2H2,1H3,(H,21,23)(H,22,24). The molecule has 25 heavy (non-hydrogen) atoms. The molecule has 2 aromatic carbocycles. The second kappa shape index (κ2) is 7.27. The molecule has 128 valence electrons. The summed E-state index contributed by atoms with van der Waals surface area (Å²) in [5.74, 6) is -0.294. The number of ether oxygens (including phenoxy) is 1. The summed E-state index contributed by atoms with van der Waals surface area (Å²) in [6.45, 7) is 2.43. The Morgan fingerprint density at radius 2 is 1.72 bits per heavy atom. The summed E-state index contributed by atoms with van der Waals surface area (Å²) in [6.07, 6.45) is 0. The lowest BCUT2D eigenvalue weighted by Crippen LogP contribution is -2.41. The smallest absolute Gasteiger partial charge is 0.287 e. The molecular weight excluding hydrogens is 342 g/mol. The monoisotopic (exact) mass is 357 g/mol. The van der Waals surface area contributed by atoms with Crippen molar-refractivity contribution in [2.75, 3.05) is 6.61 Å². The third kappa shape index (κ3) is 3.59. The number of rotatable bonds is 4. The minimum atomic E-state index is -0.527. The fourth-order valence-corrected chi connectivity index (χ4v) is 2.68. The number of nitrogens with one attached hydrogen (secondary N) is 3. The van der Waals surface area contributed by atoms with Gasteiger partial charge in [-0.2, -0.15) is 0 Å². The lowest BCUT2D eigenvalue weighted by Gasteiger charge is -2.08. The van der Waals surface area contributed by atoms with Gasteiger partial charge in [-0.1, -0.05) is 29.8 Å². The number of amides is 2. The molecule has 0 fully saturated rings. The summed E-state index contributed by atoms with van der Waals surface area (Å²) in [4.78, 5) is 27.3. The van der Waals surface area contributed by atoms with Crippen LogP contribution in [0.1, 0.15) is 27.8 Å². The van der Waals surface area contributed by atoms with Gasteiger partial charge in [0.05, 0.1) is 11.6 Å². The molecule has 0 saturated carbocycles. The summed E-state index contributed by atoms with van der Waals surface area (Å²) >= 11 is 6.21. The van der Waals surface area contributed by atoms with Crippen LogP contribution in [0.25, 0.3) is 10.9 Å². The number of hydrogen-bond acceptors (Lipinski definition) is 3. The Kier molecular flexibility index (Phi) is 4.90. The van der Waals surface area contributed by atoms with E-state index in [1.54, 1.807) is 24.3 Å². The van der Waals surface area contributed by atoms with E-state index in [-0.39, 0.29) is 5.69 Å². The number of para-hydroxylation sites is 1. The Hall–Kier alpha value is -2.99. The minimum Gasteiger partial charge on any atom is -0.494 e. The van der Waals surface area contributed by atoms with Crippen LogP contribution in [0.2, 0.25) is 5.02 Å². The molecule has 0 unspecified atom stereocenters. The summed E-state index contributed by atoms with van der Waals surface area (Å²) in [5, 5.41) is 1.05. The van der Waals surface area contributed by atoms with Gasteiger partial charge in [0.1, 0.15) is 11.4 Å². The van der Waals surface area contributed by atoms with Crippen LogP contribution < -0.4 is 15.6 Å². The molecule has 0 aliphatic carbocycles. The van der Waals surface area contributed by atoms with E-state index in [4.69, 9.17) is 16.3 Å². The summed E-state index contributed by atoms with van der Waals surface area (Å²) in [6, 6.07) is 13.9. The summed E-state index contributed by atoms with van der Waals surface area (Å²) in [7, 11) is 0. The maximum Gasteiger partial charge on any atom is 0.287 e. The second-order valence-corrected chi connectivity index (χ2v) is 5.60. The number of hydrogen-bond donors (Lipinski definition) is 3.